The molecule has 0 amide bonds. The fourth-order valence-electron chi connectivity index (χ4n) is 9.83. The van der Waals surface area contributed by atoms with Crippen molar-refractivity contribution < 1.29 is 64.5 Å². The molecule has 0 unspecified atom stereocenters. The SMILES string of the molecule is C/C=C/C=C/C(O)=C1C(=O)[C@](C)(O)[C@]2(O)O[C@]3(C)C(=O)C(C)=C(O)C(=C(O)/C=C/[C@H]4[C@H](C)[C@H]5C(=C(O)/C=C/C=C/C)C(=O)[C@]4(C)C(=O)[C@@]5(C)O)[C@@H]3[C@]2(C)C1=O. The van der Waals surface area contributed by atoms with Crippen molar-refractivity contribution in [3.05, 3.63) is 106 Å². The lowest BCUT2D eigenvalue weighted by molar-refractivity contribution is -0.313. The van der Waals surface area contributed by atoms with Crippen molar-refractivity contribution >= 4 is 28.9 Å². The second-order valence-electron chi connectivity index (χ2n) is 15.9. The molecule has 4 saturated carbocycles. The zero-order chi connectivity index (χ0) is 41.6. The summed E-state index contributed by atoms with van der Waals surface area (Å²) in [5.41, 5.74) is -13.8. The zero-order valence-corrected chi connectivity index (χ0v) is 32.2. The first-order valence-electron chi connectivity index (χ1n) is 17.9. The van der Waals surface area contributed by atoms with Gasteiger partial charge >= 0.3 is 0 Å². The van der Waals surface area contributed by atoms with Crippen LogP contribution in [0.25, 0.3) is 0 Å². The lowest BCUT2D eigenvalue weighted by Gasteiger charge is -2.57. The van der Waals surface area contributed by atoms with Crippen LogP contribution in [-0.4, -0.2) is 87.3 Å². The minimum Gasteiger partial charge on any atom is -0.508 e. The Bertz CT molecular complexity index is 2100. The third-order valence-electron chi connectivity index (χ3n) is 12.6. The van der Waals surface area contributed by atoms with Gasteiger partial charge in [0.1, 0.15) is 39.8 Å². The van der Waals surface area contributed by atoms with E-state index in [4.69, 9.17) is 4.74 Å². The number of ether oxygens (including phenoxy) is 1. The van der Waals surface area contributed by atoms with E-state index < -0.39 is 120 Å². The Kier molecular flexibility index (Phi) is 9.80. The molecule has 5 aliphatic carbocycles. The minimum absolute atomic E-state index is 0.134. The average molecular weight is 761 g/mol. The first kappa shape index (κ1) is 41.2. The second-order valence-corrected chi connectivity index (χ2v) is 15.9. The van der Waals surface area contributed by atoms with Crippen molar-refractivity contribution in [2.24, 2.45) is 34.5 Å². The van der Waals surface area contributed by atoms with Gasteiger partial charge in [-0.25, -0.2) is 0 Å². The molecular formula is C42H48O13. The van der Waals surface area contributed by atoms with Crippen LogP contribution in [0.4, 0.5) is 0 Å². The van der Waals surface area contributed by atoms with Crippen LogP contribution in [0.5, 0.6) is 0 Å². The first-order chi connectivity index (χ1) is 25.3. The number of aliphatic hydroxyl groups is 7. The number of allylic oxidation sites excluding steroid dienone is 11. The third-order valence-corrected chi connectivity index (χ3v) is 12.6. The van der Waals surface area contributed by atoms with Gasteiger partial charge in [-0.1, -0.05) is 49.5 Å². The first-order valence-corrected chi connectivity index (χ1v) is 17.9. The molecule has 1 heterocycles. The molecule has 0 aromatic carbocycles. The quantitative estimate of drug-likeness (QED) is 0.0652. The number of hydrogen-bond donors (Lipinski definition) is 7. The molecule has 10 atom stereocenters. The summed E-state index contributed by atoms with van der Waals surface area (Å²) in [6.45, 7) is 12.0. The van der Waals surface area contributed by atoms with Gasteiger partial charge in [0, 0.05) is 34.5 Å². The van der Waals surface area contributed by atoms with Gasteiger partial charge in [-0.2, -0.15) is 0 Å². The lowest BCUT2D eigenvalue weighted by Crippen LogP contribution is -2.72. The van der Waals surface area contributed by atoms with Crippen molar-refractivity contribution in [2.75, 3.05) is 0 Å². The van der Waals surface area contributed by atoms with Crippen molar-refractivity contribution in [1.82, 2.24) is 0 Å². The largest absolute Gasteiger partial charge is 0.508 e. The molecule has 0 aromatic rings. The van der Waals surface area contributed by atoms with Gasteiger partial charge < -0.3 is 40.5 Å². The van der Waals surface area contributed by atoms with E-state index in [1.165, 1.54) is 58.1 Å². The summed E-state index contributed by atoms with van der Waals surface area (Å²) in [5.74, 6) is -16.0. The topological polar surface area (TPSA) is 236 Å². The monoisotopic (exact) mass is 760 g/mol. The van der Waals surface area contributed by atoms with Crippen molar-refractivity contribution in [3.63, 3.8) is 0 Å². The Morgan fingerprint density at radius 3 is 1.78 bits per heavy atom. The van der Waals surface area contributed by atoms with Gasteiger partial charge in [0.05, 0.1) is 10.8 Å². The summed E-state index contributed by atoms with van der Waals surface area (Å²) < 4.78 is 5.94. The van der Waals surface area contributed by atoms with Gasteiger partial charge in [0.25, 0.3) is 0 Å². The van der Waals surface area contributed by atoms with E-state index in [1.807, 2.05) is 0 Å². The van der Waals surface area contributed by atoms with Crippen molar-refractivity contribution in [2.45, 2.75) is 84.9 Å². The minimum atomic E-state index is -3.17. The van der Waals surface area contributed by atoms with Crippen LogP contribution in [0.2, 0.25) is 0 Å². The van der Waals surface area contributed by atoms with Gasteiger partial charge in [-0.3, -0.25) is 24.0 Å². The molecule has 0 spiro atoms. The maximum atomic E-state index is 14.5. The summed E-state index contributed by atoms with van der Waals surface area (Å²) in [6.07, 6.45) is 13.9. The van der Waals surface area contributed by atoms with Crippen molar-refractivity contribution in [1.29, 1.82) is 0 Å². The number of carbonyl (C=O) groups excluding carboxylic acids is 5. The molecule has 1 saturated heterocycles. The molecule has 13 heteroatoms. The van der Waals surface area contributed by atoms with Gasteiger partial charge in [-0.05, 0) is 79.5 Å². The van der Waals surface area contributed by atoms with Crippen LogP contribution >= 0.6 is 0 Å². The predicted molar refractivity (Wildman–Crippen MR) is 198 cm³/mol. The second kappa shape index (κ2) is 13.1. The summed E-state index contributed by atoms with van der Waals surface area (Å²) >= 11 is 0. The summed E-state index contributed by atoms with van der Waals surface area (Å²) in [6, 6.07) is 0. The molecule has 6 rings (SSSR count). The highest BCUT2D eigenvalue weighted by molar-refractivity contribution is 6.29. The highest BCUT2D eigenvalue weighted by Gasteiger charge is 2.83. The molecule has 6 aliphatic rings. The molecule has 13 nitrogen and oxygen atoms in total. The molecular weight excluding hydrogens is 712 g/mol. The van der Waals surface area contributed by atoms with E-state index in [9.17, 15) is 59.7 Å². The Morgan fingerprint density at radius 1 is 0.709 bits per heavy atom. The zero-order valence-electron chi connectivity index (χ0n) is 32.2. The number of aliphatic hydroxyl groups excluding tert-OH is 4. The van der Waals surface area contributed by atoms with Gasteiger partial charge in [0.2, 0.25) is 11.6 Å². The van der Waals surface area contributed by atoms with E-state index in [2.05, 4.69) is 0 Å². The highest BCUT2D eigenvalue weighted by atomic mass is 16.7. The fourth-order valence-corrected chi connectivity index (χ4v) is 9.83. The number of Topliss-reactive ketones (excluding diaryl/α,β-unsaturated/α-hetero) is 5. The third kappa shape index (κ3) is 5.09. The Morgan fingerprint density at radius 2 is 1.24 bits per heavy atom. The highest BCUT2D eigenvalue weighted by Crippen LogP contribution is 2.67. The van der Waals surface area contributed by atoms with Crippen LogP contribution in [-0.2, 0) is 28.7 Å². The maximum absolute atomic E-state index is 14.5. The predicted octanol–water partition coefficient (Wildman–Crippen LogP) is 4.45. The Balaban J connectivity index is 1.74. The van der Waals surface area contributed by atoms with E-state index in [0.717, 1.165) is 26.0 Å². The molecule has 294 valence electrons. The fraction of sp³-hybridized carbons (Fsp3) is 0.452. The van der Waals surface area contributed by atoms with Crippen LogP contribution in [0.15, 0.2) is 106 Å². The number of ketones is 5. The summed E-state index contributed by atoms with van der Waals surface area (Å²) in [7, 11) is 0. The van der Waals surface area contributed by atoms with E-state index in [-0.39, 0.29) is 11.1 Å². The van der Waals surface area contributed by atoms with Crippen LogP contribution in [0, 0.1) is 34.5 Å². The number of fused-ring (bicyclic) bond motifs is 6. The van der Waals surface area contributed by atoms with Crippen LogP contribution in [0.3, 0.4) is 0 Å². The maximum Gasteiger partial charge on any atom is 0.217 e. The van der Waals surface area contributed by atoms with E-state index >= 15 is 0 Å². The molecule has 2 bridgehead atoms. The molecule has 55 heavy (non-hydrogen) atoms. The summed E-state index contributed by atoms with van der Waals surface area (Å²) in [4.78, 5) is 70.1. The lowest BCUT2D eigenvalue weighted by atomic mass is 9.44. The smallest absolute Gasteiger partial charge is 0.217 e. The normalized spacial score (nSPS) is 43.6. The number of carbonyl (C=O) groups is 5. The summed E-state index contributed by atoms with van der Waals surface area (Å²) in [5, 5.41) is 80.8. The molecule has 5 fully saturated rings. The molecule has 0 aromatic heterocycles. The van der Waals surface area contributed by atoms with Gasteiger partial charge in [0.15, 0.2) is 28.7 Å². The van der Waals surface area contributed by atoms with E-state index in [0.29, 0.717) is 0 Å². The molecule has 1 aliphatic heterocycles. The van der Waals surface area contributed by atoms with Crippen molar-refractivity contribution in [3.8, 4) is 0 Å². The number of hydrogen-bond acceptors (Lipinski definition) is 13. The van der Waals surface area contributed by atoms with Crippen LogP contribution < -0.4 is 0 Å². The van der Waals surface area contributed by atoms with E-state index in [1.54, 1.807) is 39.0 Å². The Hall–Kier alpha value is -4.95. The molecule has 7 N–H and O–H groups in total. The average Bonchev–Trinajstić information content (AvgIpc) is 3.31. The number of rotatable bonds is 6. The molecule has 0 radical (unpaired) electrons. The standard InChI is InChI=1S/C42H48O13/c1-10-12-14-16-23(43)26-29-20(3)22(37(5,33(26)48)36(51)39(29,7)52)18-19-25(45)27-30(46)21(4)32(47)40(8)31(27)38(6)34(49)28(24(44)17-15-13-11-2)35(50)41(9,53)42(38,54)55-40/h10-20,22,29,31,43-46,52-54H,1-9H3/b12-10+,13-11+,16-14+,17-15+,19-18+,26-23?,27-25?,28-24?/t20-,22-,29-,31+,37+,38+,39-,40-,41-,42+/m0/s1. The van der Waals surface area contributed by atoms with Crippen LogP contribution in [0.1, 0.15) is 62.3 Å². The Labute approximate surface area is 318 Å². The van der Waals surface area contributed by atoms with Gasteiger partial charge in [-0.15, -0.1) is 0 Å².